The summed E-state index contributed by atoms with van der Waals surface area (Å²) in [5.74, 6) is -0.696. The Hall–Kier alpha value is -1.75. The Bertz CT molecular complexity index is 429. The fourth-order valence-electron chi connectivity index (χ4n) is 1.81. The van der Waals surface area contributed by atoms with E-state index >= 15 is 0 Å². The summed E-state index contributed by atoms with van der Waals surface area (Å²) in [6.45, 7) is 0.277. The molecule has 0 aromatic heterocycles. The zero-order chi connectivity index (χ0) is 12.4. The standard InChI is InChI=1S/C12H15NO4/c14-9-4-3-8(10(15)5-9)6-13-11(12(16)17)7-1-2-7/h3-5,7,11,13-15H,1-2,6H2,(H,16,17). The molecule has 17 heavy (non-hydrogen) atoms. The number of nitrogens with one attached hydrogen (secondary N) is 1. The number of rotatable bonds is 5. The Morgan fingerprint density at radius 3 is 2.65 bits per heavy atom. The highest BCUT2D eigenvalue weighted by molar-refractivity contribution is 5.74. The second kappa shape index (κ2) is 4.63. The van der Waals surface area contributed by atoms with Crippen LogP contribution in [0.4, 0.5) is 0 Å². The van der Waals surface area contributed by atoms with Gasteiger partial charge < -0.3 is 15.3 Å². The third-order valence-corrected chi connectivity index (χ3v) is 2.94. The summed E-state index contributed by atoms with van der Waals surface area (Å²) in [6, 6.07) is 3.72. The van der Waals surface area contributed by atoms with Crippen LogP contribution in [-0.4, -0.2) is 27.3 Å². The Labute approximate surface area is 98.7 Å². The summed E-state index contributed by atoms with van der Waals surface area (Å²) in [6.07, 6.45) is 1.87. The predicted molar refractivity (Wildman–Crippen MR) is 60.8 cm³/mol. The van der Waals surface area contributed by atoms with E-state index in [9.17, 15) is 9.90 Å². The Balaban J connectivity index is 1.98. The van der Waals surface area contributed by atoms with Crippen LogP contribution in [0.2, 0.25) is 0 Å². The fourth-order valence-corrected chi connectivity index (χ4v) is 1.81. The van der Waals surface area contributed by atoms with Gasteiger partial charge in [-0.1, -0.05) is 6.07 Å². The lowest BCUT2D eigenvalue weighted by molar-refractivity contribution is -0.140. The topological polar surface area (TPSA) is 89.8 Å². The number of hydrogen-bond donors (Lipinski definition) is 4. The van der Waals surface area contributed by atoms with Gasteiger partial charge in [0, 0.05) is 18.2 Å². The van der Waals surface area contributed by atoms with Crippen LogP contribution >= 0.6 is 0 Å². The Morgan fingerprint density at radius 1 is 1.41 bits per heavy atom. The third-order valence-electron chi connectivity index (χ3n) is 2.94. The molecule has 1 aromatic rings. The Kier molecular flexibility index (Phi) is 3.19. The van der Waals surface area contributed by atoms with E-state index in [-0.39, 0.29) is 24.0 Å². The molecule has 1 aromatic carbocycles. The van der Waals surface area contributed by atoms with Crippen molar-refractivity contribution in [3.63, 3.8) is 0 Å². The molecule has 0 heterocycles. The van der Waals surface area contributed by atoms with Crippen LogP contribution in [0.3, 0.4) is 0 Å². The number of carboxylic acid groups (broad SMARTS) is 1. The van der Waals surface area contributed by atoms with Gasteiger partial charge in [0.05, 0.1) is 0 Å². The molecule has 1 unspecified atom stereocenters. The minimum absolute atomic E-state index is 0.0109. The first-order valence-electron chi connectivity index (χ1n) is 5.55. The molecule has 0 aliphatic heterocycles. The highest BCUT2D eigenvalue weighted by Gasteiger charge is 2.35. The van der Waals surface area contributed by atoms with Crippen molar-refractivity contribution in [2.24, 2.45) is 5.92 Å². The van der Waals surface area contributed by atoms with E-state index in [1.54, 1.807) is 6.07 Å². The van der Waals surface area contributed by atoms with E-state index in [1.807, 2.05) is 0 Å². The molecule has 0 saturated heterocycles. The lowest BCUT2D eigenvalue weighted by Crippen LogP contribution is -2.38. The second-order valence-electron chi connectivity index (χ2n) is 4.35. The van der Waals surface area contributed by atoms with Crippen molar-refractivity contribution >= 4 is 5.97 Å². The molecule has 0 spiro atoms. The zero-order valence-corrected chi connectivity index (χ0v) is 9.26. The minimum atomic E-state index is -0.856. The van der Waals surface area contributed by atoms with Crippen LogP contribution < -0.4 is 5.32 Å². The molecular weight excluding hydrogens is 222 g/mol. The number of hydrogen-bond acceptors (Lipinski definition) is 4. The fraction of sp³-hybridized carbons (Fsp3) is 0.417. The SMILES string of the molecule is O=C(O)C(NCc1ccc(O)cc1O)C1CC1. The summed E-state index contributed by atoms with van der Waals surface area (Å²) in [5, 5.41) is 30.6. The summed E-state index contributed by atoms with van der Waals surface area (Å²) in [5.41, 5.74) is 0.578. The first-order valence-corrected chi connectivity index (χ1v) is 5.55. The molecule has 5 heteroatoms. The van der Waals surface area contributed by atoms with Crippen molar-refractivity contribution in [1.82, 2.24) is 5.32 Å². The van der Waals surface area contributed by atoms with E-state index in [0.29, 0.717) is 5.56 Å². The summed E-state index contributed by atoms with van der Waals surface area (Å²) >= 11 is 0. The monoisotopic (exact) mass is 237 g/mol. The van der Waals surface area contributed by atoms with Gasteiger partial charge in [-0.2, -0.15) is 0 Å². The van der Waals surface area contributed by atoms with Crippen LogP contribution in [0.5, 0.6) is 11.5 Å². The molecule has 1 fully saturated rings. The number of carbonyl (C=O) groups is 1. The number of aromatic hydroxyl groups is 2. The van der Waals surface area contributed by atoms with Gasteiger partial charge in [0.2, 0.25) is 0 Å². The van der Waals surface area contributed by atoms with Crippen LogP contribution in [0.25, 0.3) is 0 Å². The smallest absolute Gasteiger partial charge is 0.320 e. The summed E-state index contributed by atoms with van der Waals surface area (Å²) in [7, 11) is 0. The summed E-state index contributed by atoms with van der Waals surface area (Å²) in [4.78, 5) is 11.0. The van der Waals surface area contributed by atoms with E-state index in [1.165, 1.54) is 12.1 Å². The maximum atomic E-state index is 11.0. The molecule has 2 rings (SSSR count). The second-order valence-corrected chi connectivity index (χ2v) is 4.35. The average Bonchev–Trinajstić information content (AvgIpc) is 3.05. The average molecular weight is 237 g/mol. The molecule has 92 valence electrons. The van der Waals surface area contributed by atoms with Crippen molar-refractivity contribution in [1.29, 1.82) is 0 Å². The molecule has 1 aliphatic rings. The van der Waals surface area contributed by atoms with Crippen molar-refractivity contribution in [3.05, 3.63) is 23.8 Å². The van der Waals surface area contributed by atoms with Gasteiger partial charge >= 0.3 is 5.97 Å². The molecule has 5 nitrogen and oxygen atoms in total. The minimum Gasteiger partial charge on any atom is -0.508 e. The lowest BCUT2D eigenvalue weighted by atomic mass is 10.1. The van der Waals surface area contributed by atoms with Crippen LogP contribution in [-0.2, 0) is 11.3 Å². The van der Waals surface area contributed by atoms with Gasteiger partial charge in [0.15, 0.2) is 0 Å². The quantitative estimate of drug-likeness (QED) is 0.614. The van der Waals surface area contributed by atoms with E-state index in [4.69, 9.17) is 10.2 Å². The van der Waals surface area contributed by atoms with Crippen molar-refractivity contribution < 1.29 is 20.1 Å². The lowest BCUT2D eigenvalue weighted by Gasteiger charge is -2.14. The summed E-state index contributed by atoms with van der Waals surface area (Å²) < 4.78 is 0. The third kappa shape index (κ3) is 2.88. The molecule has 4 N–H and O–H groups in total. The number of benzene rings is 1. The zero-order valence-electron chi connectivity index (χ0n) is 9.26. The molecule has 0 amide bonds. The highest BCUT2D eigenvalue weighted by Crippen LogP contribution is 2.33. The van der Waals surface area contributed by atoms with E-state index in [0.717, 1.165) is 12.8 Å². The van der Waals surface area contributed by atoms with Crippen molar-refractivity contribution in [2.45, 2.75) is 25.4 Å². The van der Waals surface area contributed by atoms with Crippen LogP contribution in [0.15, 0.2) is 18.2 Å². The number of aliphatic carboxylic acids is 1. The number of phenolic OH excluding ortho intramolecular Hbond substituents is 2. The molecule has 1 aliphatic carbocycles. The normalized spacial score (nSPS) is 16.7. The maximum Gasteiger partial charge on any atom is 0.320 e. The van der Waals surface area contributed by atoms with Gasteiger partial charge in [-0.3, -0.25) is 10.1 Å². The Morgan fingerprint density at radius 2 is 2.12 bits per heavy atom. The van der Waals surface area contributed by atoms with Gasteiger partial charge in [-0.25, -0.2) is 0 Å². The number of carboxylic acids is 1. The van der Waals surface area contributed by atoms with Gasteiger partial charge in [0.1, 0.15) is 17.5 Å². The maximum absolute atomic E-state index is 11.0. The van der Waals surface area contributed by atoms with E-state index in [2.05, 4.69) is 5.32 Å². The highest BCUT2D eigenvalue weighted by atomic mass is 16.4. The van der Waals surface area contributed by atoms with Crippen molar-refractivity contribution in [2.75, 3.05) is 0 Å². The van der Waals surface area contributed by atoms with Crippen LogP contribution in [0, 0.1) is 5.92 Å². The van der Waals surface area contributed by atoms with Crippen LogP contribution in [0.1, 0.15) is 18.4 Å². The van der Waals surface area contributed by atoms with E-state index < -0.39 is 12.0 Å². The molecular formula is C12H15NO4. The largest absolute Gasteiger partial charge is 0.508 e. The molecule has 1 atom stereocenters. The first-order chi connectivity index (χ1) is 8.08. The predicted octanol–water partition coefficient (Wildman–Crippen LogP) is 1.05. The van der Waals surface area contributed by atoms with Gasteiger partial charge in [-0.15, -0.1) is 0 Å². The number of phenols is 2. The van der Waals surface area contributed by atoms with Gasteiger partial charge in [-0.05, 0) is 24.8 Å². The molecule has 1 saturated carbocycles. The molecule has 0 radical (unpaired) electrons. The van der Waals surface area contributed by atoms with Crippen molar-refractivity contribution in [3.8, 4) is 11.5 Å². The molecule has 0 bridgehead atoms. The first kappa shape index (κ1) is 11.7. The van der Waals surface area contributed by atoms with Gasteiger partial charge in [0.25, 0.3) is 0 Å².